The van der Waals surface area contributed by atoms with E-state index >= 15 is 0 Å². The Hall–Kier alpha value is -3.19. The number of carbonyl (C=O) groups excluding carboxylic acids is 1. The molecule has 1 unspecified atom stereocenters. The summed E-state index contributed by atoms with van der Waals surface area (Å²) in [4.78, 5) is 12.0. The zero-order valence-electron chi connectivity index (χ0n) is 18.0. The number of nitrogens with one attached hydrogen (secondary N) is 1. The van der Waals surface area contributed by atoms with Crippen molar-refractivity contribution in [1.82, 2.24) is 15.3 Å². The largest absolute Gasteiger partial charge is 0.389 e. The van der Waals surface area contributed by atoms with Crippen LogP contribution >= 0.6 is 0 Å². The quantitative estimate of drug-likeness (QED) is 0.298. The lowest BCUT2D eigenvalue weighted by atomic mass is 10.1. The van der Waals surface area contributed by atoms with Gasteiger partial charge in [-0.25, -0.2) is 13.9 Å². The summed E-state index contributed by atoms with van der Waals surface area (Å²) in [6.45, 7) is 3.15. The lowest BCUT2D eigenvalue weighted by Gasteiger charge is -2.24. The number of hydroxylamine groups is 1. The number of nitrogens with zero attached hydrogens (tertiary/aromatic N) is 2. The highest BCUT2D eigenvalue weighted by Gasteiger charge is 2.43. The molecule has 8 nitrogen and oxygen atoms in total. The number of rotatable bonds is 6. The number of amides is 1. The second-order valence-corrected chi connectivity index (χ2v) is 10.4. The van der Waals surface area contributed by atoms with Gasteiger partial charge in [-0.05, 0) is 56.2 Å². The van der Waals surface area contributed by atoms with E-state index in [0.29, 0.717) is 5.52 Å². The predicted molar refractivity (Wildman–Crippen MR) is 121 cm³/mol. The summed E-state index contributed by atoms with van der Waals surface area (Å²) in [5, 5.41) is 23.8. The third-order valence-corrected chi connectivity index (χ3v) is 7.54. The Morgan fingerprint density at radius 2 is 1.81 bits per heavy atom. The smallest absolute Gasteiger partial charge is 0.264 e. The van der Waals surface area contributed by atoms with Crippen LogP contribution in [0.4, 0.5) is 0 Å². The molecule has 0 radical (unpaired) electrons. The van der Waals surface area contributed by atoms with Crippen LogP contribution in [-0.4, -0.2) is 45.4 Å². The van der Waals surface area contributed by atoms with Crippen molar-refractivity contribution in [2.24, 2.45) is 0 Å². The highest BCUT2D eigenvalue weighted by molar-refractivity contribution is 7.92. The monoisotopic (exact) mass is 455 g/mol. The maximum Gasteiger partial charge on any atom is 0.264 e. The lowest BCUT2D eigenvalue weighted by molar-refractivity contribution is -0.131. The minimum absolute atomic E-state index is 0.0542. The first-order valence-corrected chi connectivity index (χ1v) is 11.8. The Kier molecular flexibility index (Phi) is 6.69. The van der Waals surface area contributed by atoms with Crippen molar-refractivity contribution >= 4 is 26.6 Å². The molecule has 0 saturated carbocycles. The van der Waals surface area contributed by atoms with Crippen molar-refractivity contribution in [2.45, 2.75) is 37.7 Å². The Morgan fingerprint density at radius 1 is 1.19 bits per heavy atom. The zero-order valence-corrected chi connectivity index (χ0v) is 18.8. The molecule has 2 atom stereocenters. The number of aryl methyl sites for hydroxylation is 1. The molecular formula is C23H25N3O5S. The van der Waals surface area contributed by atoms with Crippen molar-refractivity contribution in [3.63, 3.8) is 0 Å². The van der Waals surface area contributed by atoms with E-state index in [1.165, 1.54) is 12.4 Å². The molecule has 9 heteroatoms. The molecule has 0 aliphatic carbocycles. The second kappa shape index (κ2) is 9.12. The van der Waals surface area contributed by atoms with Crippen molar-refractivity contribution in [2.75, 3.05) is 6.26 Å². The standard InChI is InChI=1S/C23H25N3O5S/c1-16(27)19-9-6-17(7-10-19)4-5-18-8-11-21-20(14-18)15-26(24-21)13-12-23(2,22(28)25-29)32(3,30)31/h6-11,14-16,27,29H,12-13H2,1-3H3,(H,25,28)/t16-,23?/m1/s1. The molecule has 0 aliphatic heterocycles. The fourth-order valence-corrected chi connectivity index (χ4v) is 4.02. The van der Waals surface area contributed by atoms with E-state index in [1.807, 2.05) is 42.5 Å². The first kappa shape index (κ1) is 23.5. The molecule has 0 fully saturated rings. The van der Waals surface area contributed by atoms with E-state index < -0.39 is 26.6 Å². The van der Waals surface area contributed by atoms with Gasteiger partial charge in [0, 0.05) is 35.5 Å². The molecule has 3 rings (SSSR count). The number of hydrogen-bond acceptors (Lipinski definition) is 6. The summed E-state index contributed by atoms with van der Waals surface area (Å²) in [6, 6.07) is 12.9. The van der Waals surface area contributed by atoms with Crippen molar-refractivity contribution in [3.8, 4) is 11.8 Å². The summed E-state index contributed by atoms with van der Waals surface area (Å²) in [5.74, 6) is 5.21. The van der Waals surface area contributed by atoms with Crippen LogP contribution < -0.4 is 5.48 Å². The number of aliphatic hydroxyl groups is 1. The Labute approximate surface area is 186 Å². The number of aliphatic hydroxyl groups excluding tert-OH is 1. The number of hydrogen-bond donors (Lipinski definition) is 3. The summed E-state index contributed by atoms with van der Waals surface area (Å²) in [6.07, 6.45) is 2.15. The number of carbonyl (C=O) groups is 1. The van der Waals surface area contributed by atoms with Gasteiger partial charge in [0.1, 0.15) is 0 Å². The van der Waals surface area contributed by atoms with Crippen LogP contribution in [0.1, 0.15) is 43.1 Å². The first-order chi connectivity index (χ1) is 15.0. The second-order valence-electron chi connectivity index (χ2n) is 7.91. The highest BCUT2D eigenvalue weighted by Crippen LogP contribution is 2.23. The third-order valence-electron chi connectivity index (χ3n) is 5.51. The number of benzene rings is 2. The molecule has 3 N–H and O–H groups in total. The van der Waals surface area contributed by atoms with Crippen molar-refractivity contribution < 1.29 is 23.5 Å². The normalized spacial score (nSPS) is 14.3. The minimum atomic E-state index is -3.77. The minimum Gasteiger partial charge on any atom is -0.389 e. The van der Waals surface area contributed by atoms with Gasteiger partial charge in [0.15, 0.2) is 14.6 Å². The SMILES string of the molecule is C[C@@H](O)c1ccc(C#Cc2ccc3nn(CCC(C)(C(=O)NO)S(C)(=O)=O)cc3c2)cc1. The van der Waals surface area contributed by atoms with Crippen LogP contribution in [0.3, 0.4) is 0 Å². The lowest BCUT2D eigenvalue weighted by Crippen LogP contribution is -2.49. The summed E-state index contributed by atoms with van der Waals surface area (Å²) < 4.78 is 24.0. The fourth-order valence-electron chi connectivity index (χ4n) is 3.17. The molecule has 2 aromatic carbocycles. The average Bonchev–Trinajstić information content (AvgIpc) is 3.17. The Bertz CT molecular complexity index is 1300. The molecule has 0 aliphatic rings. The van der Waals surface area contributed by atoms with Crippen LogP contribution in [0.25, 0.3) is 10.9 Å². The molecule has 0 bridgehead atoms. The molecule has 0 saturated heterocycles. The first-order valence-electron chi connectivity index (χ1n) is 9.95. The Balaban J connectivity index is 1.79. The van der Waals surface area contributed by atoms with Gasteiger partial charge in [-0.2, -0.15) is 5.10 Å². The summed E-state index contributed by atoms with van der Waals surface area (Å²) in [5.41, 5.74) is 4.60. The average molecular weight is 456 g/mol. The third kappa shape index (κ3) is 4.99. The highest BCUT2D eigenvalue weighted by atomic mass is 32.2. The van der Waals surface area contributed by atoms with E-state index in [0.717, 1.165) is 28.3 Å². The van der Waals surface area contributed by atoms with Gasteiger partial charge in [0.2, 0.25) is 0 Å². The molecule has 3 aromatic rings. The van der Waals surface area contributed by atoms with E-state index in [2.05, 4.69) is 16.9 Å². The molecule has 32 heavy (non-hydrogen) atoms. The van der Waals surface area contributed by atoms with Gasteiger partial charge < -0.3 is 5.11 Å². The fraction of sp³-hybridized carbons (Fsp3) is 0.304. The van der Waals surface area contributed by atoms with Crippen LogP contribution in [0.2, 0.25) is 0 Å². The van der Waals surface area contributed by atoms with Gasteiger partial charge in [-0.3, -0.25) is 14.7 Å². The van der Waals surface area contributed by atoms with Crippen LogP contribution in [0.15, 0.2) is 48.7 Å². The van der Waals surface area contributed by atoms with Crippen molar-refractivity contribution in [3.05, 3.63) is 65.4 Å². The number of aromatic nitrogens is 2. The molecule has 168 valence electrons. The maximum atomic E-state index is 12.1. The zero-order chi connectivity index (χ0) is 23.5. The topological polar surface area (TPSA) is 122 Å². The van der Waals surface area contributed by atoms with Crippen LogP contribution in [0, 0.1) is 11.8 Å². The number of sulfone groups is 1. The van der Waals surface area contributed by atoms with E-state index in [9.17, 15) is 18.3 Å². The van der Waals surface area contributed by atoms with E-state index in [1.54, 1.807) is 17.8 Å². The van der Waals surface area contributed by atoms with Gasteiger partial charge in [-0.15, -0.1) is 0 Å². The van der Waals surface area contributed by atoms with Crippen LogP contribution in [-0.2, 0) is 21.2 Å². The number of fused-ring (bicyclic) bond motifs is 1. The predicted octanol–water partition coefficient (Wildman–Crippen LogP) is 2.19. The Morgan fingerprint density at radius 3 is 2.41 bits per heavy atom. The van der Waals surface area contributed by atoms with Gasteiger partial charge >= 0.3 is 0 Å². The van der Waals surface area contributed by atoms with E-state index in [-0.39, 0.29) is 13.0 Å². The van der Waals surface area contributed by atoms with E-state index in [4.69, 9.17) is 5.21 Å². The van der Waals surface area contributed by atoms with Crippen molar-refractivity contribution in [1.29, 1.82) is 0 Å². The molecule has 1 heterocycles. The van der Waals surface area contributed by atoms with Gasteiger partial charge in [0.25, 0.3) is 5.91 Å². The molecule has 1 amide bonds. The molecule has 0 spiro atoms. The summed E-state index contributed by atoms with van der Waals surface area (Å²) in [7, 11) is -3.77. The van der Waals surface area contributed by atoms with Crippen LogP contribution in [0.5, 0.6) is 0 Å². The van der Waals surface area contributed by atoms with Gasteiger partial charge in [-0.1, -0.05) is 24.0 Å². The maximum absolute atomic E-state index is 12.1. The molecular weight excluding hydrogens is 430 g/mol. The van der Waals surface area contributed by atoms with Gasteiger partial charge in [0.05, 0.1) is 11.6 Å². The summed E-state index contributed by atoms with van der Waals surface area (Å²) >= 11 is 0. The molecule has 1 aromatic heterocycles.